The van der Waals surface area contributed by atoms with E-state index in [0.29, 0.717) is 0 Å². The fourth-order valence-corrected chi connectivity index (χ4v) is 0.177. The highest BCUT2D eigenvalue weighted by molar-refractivity contribution is 5.80. The van der Waals surface area contributed by atoms with Crippen molar-refractivity contribution in [2.75, 3.05) is 0 Å². The summed E-state index contributed by atoms with van der Waals surface area (Å²) in [6.45, 7) is 0.789. The van der Waals surface area contributed by atoms with Crippen molar-refractivity contribution in [1.82, 2.24) is 0 Å². The lowest BCUT2D eigenvalue weighted by atomic mass is 10.3. The number of carbonyl (C=O) groups is 1. The molecule has 0 heterocycles. The van der Waals surface area contributed by atoms with Gasteiger partial charge in [0.15, 0.2) is 5.78 Å². The monoisotopic (exact) mass is 126 g/mol. The zero-order chi connectivity index (χ0) is 6.73. The highest BCUT2D eigenvalue weighted by Crippen LogP contribution is 2.04. The summed E-state index contributed by atoms with van der Waals surface area (Å²) in [5.41, 5.74) is 0. The van der Waals surface area contributed by atoms with Crippen molar-refractivity contribution in [3.63, 3.8) is 0 Å². The summed E-state index contributed by atoms with van der Waals surface area (Å²) in [6, 6.07) is 0. The number of rotatable bonds is 2. The summed E-state index contributed by atoms with van der Waals surface area (Å²) in [5, 5.41) is 0. The molecule has 0 bridgehead atoms. The quantitative estimate of drug-likeness (QED) is 0.543. The first-order chi connectivity index (χ1) is 3.55. The van der Waals surface area contributed by atoms with Gasteiger partial charge in [-0.05, 0) is 6.92 Å². The fraction of sp³-hybridized carbons (Fsp3) is 0.750. The van der Waals surface area contributed by atoms with Crippen LogP contribution < -0.4 is 0 Å². The lowest BCUT2D eigenvalue weighted by Crippen LogP contribution is -2.20. The SMILES string of the molecule is CC(=O)C(F)C(F)F. The van der Waals surface area contributed by atoms with E-state index in [2.05, 4.69) is 0 Å². The predicted molar refractivity (Wildman–Crippen MR) is 21.6 cm³/mol. The second-order valence-corrected chi connectivity index (χ2v) is 1.35. The topological polar surface area (TPSA) is 17.1 Å². The van der Waals surface area contributed by atoms with Crippen LogP contribution in [0.1, 0.15) is 6.92 Å². The van der Waals surface area contributed by atoms with E-state index in [1.54, 1.807) is 0 Å². The number of hydrogen-bond acceptors (Lipinski definition) is 1. The first kappa shape index (κ1) is 7.46. The van der Waals surface area contributed by atoms with E-state index in [0.717, 1.165) is 6.92 Å². The van der Waals surface area contributed by atoms with Crippen LogP contribution in [0, 0.1) is 0 Å². The third-order valence-electron chi connectivity index (χ3n) is 0.610. The smallest absolute Gasteiger partial charge is 0.276 e. The molecule has 0 amide bonds. The van der Waals surface area contributed by atoms with Gasteiger partial charge in [0.1, 0.15) is 0 Å². The maximum atomic E-state index is 11.5. The molecule has 0 saturated heterocycles. The molecule has 4 heteroatoms. The number of alkyl halides is 3. The van der Waals surface area contributed by atoms with Crippen LogP contribution in [0.25, 0.3) is 0 Å². The van der Waals surface area contributed by atoms with Crippen LogP contribution in [0.3, 0.4) is 0 Å². The Bertz CT molecular complexity index is 91.3. The summed E-state index contributed by atoms with van der Waals surface area (Å²) in [6.07, 6.45) is -5.78. The van der Waals surface area contributed by atoms with Gasteiger partial charge in [-0.2, -0.15) is 0 Å². The largest absolute Gasteiger partial charge is 0.296 e. The van der Waals surface area contributed by atoms with E-state index in [1.165, 1.54) is 0 Å². The van der Waals surface area contributed by atoms with Crippen molar-refractivity contribution in [1.29, 1.82) is 0 Å². The molecule has 48 valence electrons. The summed E-state index contributed by atoms with van der Waals surface area (Å²) in [5.74, 6) is -1.12. The number of Topliss-reactive ketones (excluding diaryl/α,β-unsaturated/α-hetero) is 1. The van der Waals surface area contributed by atoms with E-state index >= 15 is 0 Å². The Morgan fingerprint density at radius 1 is 1.38 bits per heavy atom. The third-order valence-corrected chi connectivity index (χ3v) is 0.610. The molecule has 0 saturated carbocycles. The number of hydrogen-bond donors (Lipinski definition) is 0. The molecule has 0 aliphatic rings. The molecule has 0 spiro atoms. The van der Waals surface area contributed by atoms with Gasteiger partial charge in [0, 0.05) is 0 Å². The van der Waals surface area contributed by atoms with Gasteiger partial charge in [0.25, 0.3) is 6.43 Å². The van der Waals surface area contributed by atoms with E-state index in [4.69, 9.17) is 0 Å². The maximum absolute atomic E-state index is 11.5. The molecule has 8 heavy (non-hydrogen) atoms. The van der Waals surface area contributed by atoms with Crippen molar-refractivity contribution in [2.24, 2.45) is 0 Å². The van der Waals surface area contributed by atoms with E-state index in [9.17, 15) is 18.0 Å². The van der Waals surface area contributed by atoms with E-state index in [1.807, 2.05) is 0 Å². The Hall–Kier alpha value is -0.540. The molecule has 0 radical (unpaired) electrons. The molecule has 1 atom stereocenters. The van der Waals surface area contributed by atoms with Crippen molar-refractivity contribution in [2.45, 2.75) is 19.5 Å². The summed E-state index contributed by atoms with van der Waals surface area (Å²) >= 11 is 0. The van der Waals surface area contributed by atoms with Crippen molar-refractivity contribution < 1.29 is 18.0 Å². The van der Waals surface area contributed by atoms with Gasteiger partial charge in [0.2, 0.25) is 6.17 Å². The molecule has 0 fully saturated rings. The lowest BCUT2D eigenvalue weighted by molar-refractivity contribution is -0.126. The van der Waals surface area contributed by atoms with Gasteiger partial charge in [-0.3, -0.25) is 4.79 Å². The Morgan fingerprint density at radius 3 is 1.75 bits per heavy atom. The molecule has 0 aliphatic carbocycles. The molecule has 1 unspecified atom stereocenters. The minimum absolute atomic E-state index is 0.789. The Morgan fingerprint density at radius 2 is 1.75 bits per heavy atom. The van der Waals surface area contributed by atoms with Gasteiger partial charge < -0.3 is 0 Å². The average Bonchev–Trinajstić information content (AvgIpc) is 1.64. The Kier molecular flexibility index (Phi) is 2.51. The van der Waals surface area contributed by atoms with Crippen molar-refractivity contribution in [3.8, 4) is 0 Å². The first-order valence-electron chi connectivity index (χ1n) is 1.98. The summed E-state index contributed by atoms with van der Waals surface area (Å²) in [4.78, 5) is 9.73. The van der Waals surface area contributed by atoms with Gasteiger partial charge >= 0.3 is 0 Å². The van der Waals surface area contributed by atoms with Crippen LogP contribution >= 0.6 is 0 Å². The number of ketones is 1. The van der Waals surface area contributed by atoms with Crippen LogP contribution in [0.4, 0.5) is 13.2 Å². The van der Waals surface area contributed by atoms with E-state index < -0.39 is 18.4 Å². The highest BCUT2D eigenvalue weighted by Gasteiger charge is 2.23. The van der Waals surface area contributed by atoms with Crippen LogP contribution in [-0.4, -0.2) is 18.4 Å². The van der Waals surface area contributed by atoms with Crippen LogP contribution in [0.15, 0.2) is 0 Å². The molecule has 0 N–H and O–H groups in total. The van der Waals surface area contributed by atoms with Crippen molar-refractivity contribution in [3.05, 3.63) is 0 Å². The van der Waals surface area contributed by atoms with Gasteiger partial charge in [-0.25, -0.2) is 13.2 Å². The van der Waals surface area contributed by atoms with Gasteiger partial charge in [0.05, 0.1) is 0 Å². The lowest BCUT2D eigenvalue weighted by Gasteiger charge is -1.98. The van der Waals surface area contributed by atoms with Gasteiger partial charge in [-0.15, -0.1) is 0 Å². The molecule has 1 nitrogen and oxygen atoms in total. The van der Waals surface area contributed by atoms with Crippen LogP contribution in [0.2, 0.25) is 0 Å². The first-order valence-corrected chi connectivity index (χ1v) is 1.98. The molecular formula is C4H5F3O. The molecule has 0 rings (SSSR count). The molecule has 0 aromatic rings. The number of halogens is 3. The average molecular weight is 126 g/mol. The van der Waals surface area contributed by atoms with Crippen LogP contribution in [-0.2, 0) is 4.79 Å². The maximum Gasteiger partial charge on any atom is 0.276 e. The van der Waals surface area contributed by atoms with E-state index in [-0.39, 0.29) is 0 Å². The second-order valence-electron chi connectivity index (χ2n) is 1.35. The zero-order valence-corrected chi connectivity index (χ0v) is 4.20. The minimum Gasteiger partial charge on any atom is -0.296 e. The Balaban J connectivity index is 3.64. The van der Waals surface area contributed by atoms with Gasteiger partial charge in [-0.1, -0.05) is 0 Å². The third kappa shape index (κ3) is 1.95. The fourth-order valence-electron chi connectivity index (χ4n) is 0.177. The minimum atomic E-state index is -3.17. The molecule has 0 aromatic carbocycles. The summed E-state index contributed by atoms with van der Waals surface area (Å²) < 4.78 is 33.7. The molecule has 0 aromatic heterocycles. The zero-order valence-electron chi connectivity index (χ0n) is 4.20. The Labute approximate surface area is 44.5 Å². The van der Waals surface area contributed by atoms with Crippen LogP contribution in [0.5, 0.6) is 0 Å². The normalized spacial score (nSPS) is 14.1. The predicted octanol–water partition coefficient (Wildman–Crippen LogP) is 1.18. The summed E-state index contributed by atoms with van der Waals surface area (Å²) in [7, 11) is 0. The standard InChI is InChI=1S/C4H5F3O/c1-2(8)3(5)4(6)7/h3-4H,1H3. The highest BCUT2D eigenvalue weighted by atomic mass is 19.3. The second kappa shape index (κ2) is 2.69. The number of carbonyl (C=O) groups excluding carboxylic acids is 1. The molecule has 0 aliphatic heterocycles. The molecular weight excluding hydrogens is 121 g/mol. The van der Waals surface area contributed by atoms with Crippen molar-refractivity contribution >= 4 is 5.78 Å².